The van der Waals surface area contributed by atoms with Crippen LogP contribution in [0.15, 0.2) is 24.3 Å². The van der Waals surface area contributed by atoms with Crippen LogP contribution < -0.4 is 4.74 Å². The number of rotatable bonds is 1. The summed E-state index contributed by atoms with van der Waals surface area (Å²) in [5, 5.41) is 9.23. The lowest BCUT2D eigenvalue weighted by Crippen LogP contribution is -2.39. The van der Waals surface area contributed by atoms with Gasteiger partial charge in [-0.1, -0.05) is 18.2 Å². The van der Waals surface area contributed by atoms with Crippen molar-refractivity contribution >= 4 is 5.97 Å². The van der Waals surface area contributed by atoms with Crippen LogP contribution in [0.4, 0.5) is 0 Å². The molecule has 1 heterocycles. The van der Waals surface area contributed by atoms with Crippen LogP contribution >= 0.6 is 0 Å². The van der Waals surface area contributed by atoms with E-state index in [1.807, 2.05) is 38.1 Å². The van der Waals surface area contributed by atoms with E-state index in [-0.39, 0.29) is 16.9 Å². The summed E-state index contributed by atoms with van der Waals surface area (Å²) < 4.78 is 5.93. The van der Waals surface area contributed by atoms with E-state index in [1.165, 1.54) is 0 Å². The van der Waals surface area contributed by atoms with Crippen LogP contribution in [0, 0.1) is 5.92 Å². The number of fused-ring (bicyclic) bond motifs is 2. The molecule has 0 aromatic heterocycles. The second-order valence-corrected chi connectivity index (χ2v) is 5.79. The SMILES string of the molecule is CC1(C)C[C@]2(C[C@H]2C(=O)O)c2ccccc2O1. The molecule has 3 rings (SSSR count). The molecular weight excluding hydrogens is 216 g/mol. The van der Waals surface area contributed by atoms with Crippen molar-refractivity contribution in [2.75, 3.05) is 0 Å². The molecule has 1 aromatic carbocycles. The summed E-state index contributed by atoms with van der Waals surface area (Å²) in [6, 6.07) is 7.84. The van der Waals surface area contributed by atoms with Gasteiger partial charge in [-0.15, -0.1) is 0 Å². The van der Waals surface area contributed by atoms with E-state index >= 15 is 0 Å². The molecule has 0 bridgehead atoms. The van der Waals surface area contributed by atoms with Crippen molar-refractivity contribution in [1.82, 2.24) is 0 Å². The van der Waals surface area contributed by atoms with Crippen LogP contribution in [0.2, 0.25) is 0 Å². The van der Waals surface area contributed by atoms with Crippen LogP contribution in [0.25, 0.3) is 0 Å². The molecule has 0 radical (unpaired) electrons. The van der Waals surface area contributed by atoms with Gasteiger partial charge in [0.25, 0.3) is 0 Å². The van der Waals surface area contributed by atoms with Gasteiger partial charge in [-0.3, -0.25) is 4.79 Å². The highest BCUT2D eigenvalue weighted by Crippen LogP contribution is 2.63. The average molecular weight is 232 g/mol. The van der Waals surface area contributed by atoms with E-state index in [4.69, 9.17) is 4.74 Å². The highest BCUT2D eigenvalue weighted by Gasteiger charge is 2.64. The number of carboxylic acids is 1. The van der Waals surface area contributed by atoms with Crippen molar-refractivity contribution in [3.8, 4) is 5.75 Å². The minimum atomic E-state index is -0.683. The normalized spacial score (nSPS) is 32.7. The fourth-order valence-electron chi connectivity index (χ4n) is 3.28. The Balaban J connectivity index is 2.09. The van der Waals surface area contributed by atoms with Crippen LogP contribution in [0.1, 0.15) is 32.3 Å². The molecule has 3 nitrogen and oxygen atoms in total. The lowest BCUT2D eigenvalue weighted by atomic mass is 9.80. The Morgan fingerprint density at radius 2 is 2.12 bits per heavy atom. The molecular formula is C14H16O3. The number of ether oxygens (including phenoxy) is 1. The summed E-state index contributed by atoms with van der Waals surface area (Å²) in [4.78, 5) is 11.2. The number of hydrogen-bond acceptors (Lipinski definition) is 2. The van der Waals surface area contributed by atoms with Crippen LogP contribution in [0.3, 0.4) is 0 Å². The first-order valence-corrected chi connectivity index (χ1v) is 5.96. The molecule has 0 saturated heterocycles. The predicted octanol–water partition coefficient (Wildman–Crippen LogP) is 2.59. The van der Waals surface area contributed by atoms with E-state index in [1.54, 1.807) is 0 Å². The maximum absolute atomic E-state index is 11.2. The number of para-hydroxylation sites is 1. The lowest BCUT2D eigenvalue weighted by molar-refractivity contribution is -0.139. The molecule has 1 N–H and O–H groups in total. The van der Waals surface area contributed by atoms with Crippen molar-refractivity contribution in [3.63, 3.8) is 0 Å². The summed E-state index contributed by atoms with van der Waals surface area (Å²) in [6.07, 6.45) is 1.53. The van der Waals surface area contributed by atoms with Gasteiger partial charge in [0, 0.05) is 11.0 Å². The Morgan fingerprint density at radius 1 is 1.41 bits per heavy atom. The Morgan fingerprint density at radius 3 is 2.76 bits per heavy atom. The fourth-order valence-corrected chi connectivity index (χ4v) is 3.28. The summed E-state index contributed by atoms with van der Waals surface area (Å²) in [6.45, 7) is 4.06. The van der Waals surface area contributed by atoms with E-state index in [0.29, 0.717) is 0 Å². The topological polar surface area (TPSA) is 46.5 Å². The van der Waals surface area contributed by atoms with E-state index in [0.717, 1.165) is 24.2 Å². The van der Waals surface area contributed by atoms with Crippen molar-refractivity contribution in [3.05, 3.63) is 29.8 Å². The van der Waals surface area contributed by atoms with E-state index in [9.17, 15) is 9.90 Å². The van der Waals surface area contributed by atoms with Gasteiger partial charge in [-0.05, 0) is 32.8 Å². The zero-order chi connectivity index (χ0) is 12.3. The largest absolute Gasteiger partial charge is 0.488 e. The number of carbonyl (C=O) groups is 1. The highest BCUT2D eigenvalue weighted by atomic mass is 16.5. The molecule has 0 amide bonds. The summed E-state index contributed by atoms with van der Waals surface area (Å²) in [5.41, 5.74) is 0.606. The van der Waals surface area contributed by atoms with Crippen molar-refractivity contribution in [2.24, 2.45) is 5.92 Å². The molecule has 90 valence electrons. The van der Waals surface area contributed by atoms with Gasteiger partial charge >= 0.3 is 5.97 Å². The van der Waals surface area contributed by atoms with Gasteiger partial charge in [0.15, 0.2) is 0 Å². The summed E-state index contributed by atoms with van der Waals surface area (Å²) in [7, 11) is 0. The fraction of sp³-hybridized carbons (Fsp3) is 0.500. The third-order valence-corrected chi connectivity index (χ3v) is 3.92. The zero-order valence-corrected chi connectivity index (χ0v) is 10.1. The second-order valence-electron chi connectivity index (χ2n) is 5.79. The molecule has 1 saturated carbocycles. The molecule has 1 fully saturated rings. The van der Waals surface area contributed by atoms with Gasteiger partial charge in [0.05, 0.1) is 5.92 Å². The third-order valence-electron chi connectivity index (χ3n) is 3.92. The van der Waals surface area contributed by atoms with Gasteiger partial charge < -0.3 is 9.84 Å². The third kappa shape index (κ3) is 1.45. The lowest BCUT2D eigenvalue weighted by Gasteiger charge is -2.38. The Hall–Kier alpha value is -1.51. The molecule has 2 aliphatic rings. The van der Waals surface area contributed by atoms with Crippen LogP contribution in [-0.4, -0.2) is 16.7 Å². The van der Waals surface area contributed by atoms with Crippen molar-refractivity contribution in [2.45, 2.75) is 37.7 Å². The number of carboxylic acid groups (broad SMARTS) is 1. The minimum absolute atomic E-state index is 0.190. The van der Waals surface area contributed by atoms with Gasteiger partial charge in [0.2, 0.25) is 0 Å². The van der Waals surface area contributed by atoms with Gasteiger partial charge in [-0.25, -0.2) is 0 Å². The van der Waals surface area contributed by atoms with E-state index in [2.05, 4.69) is 0 Å². The maximum Gasteiger partial charge on any atom is 0.307 e. The average Bonchev–Trinajstić information content (AvgIpc) is 2.91. The Bertz CT molecular complexity index is 492. The molecule has 3 heteroatoms. The van der Waals surface area contributed by atoms with Crippen LogP contribution in [-0.2, 0) is 10.2 Å². The number of benzene rings is 1. The molecule has 17 heavy (non-hydrogen) atoms. The molecule has 1 aliphatic heterocycles. The molecule has 2 atom stereocenters. The number of hydrogen-bond donors (Lipinski definition) is 1. The highest BCUT2D eigenvalue weighted by molar-refractivity contribution is 5.78. The molecule has 1 aromatic rings. The van der Waals surface area contributed by atoms with Gasteiger partial charge in [0.1, 0.15) is 11.4 Å². The second kappa shape index (κ2) is 3.03. The Labute approximate surface area is 100 Å². The molecule has 0 unspecified atom stereocenters. The Kier molecular flexibility index (Phi) is 1.90. The summed E-state index contributed by atoms with van der Waals surface area (Å²) >= 11 is 0. The monoisotopic (exact) mass is 232 g/mol. The molecule has 1 spiro atoms. The summed E-state index contributed by atoms with van der Waals surface area (Å²) in [5.74, 6) is -0.0724. The first-order valence-electron chi connectivity index (χ1n) is 5.96. The van der Waals surface area contributed by atoms with Crippen LogP contribution in [0.5, 0.6) is 5.75 Å². The van der Waals surface area contributed by atoms with Gasteiger partial charge in [-0.2, -0.15) is 0 Å². The maximum atomic E-state index is 11.2. The number of aliphatic carboxylic acids is 1. The first kappa shape index (κ1) is 10.6. The quantitative estimate of drug-likeness (QED) is 0.809. The van der Waals surface area contributed by atoms with Crippen molar-refractivity contribution < 1.29 is 14.6 Å². The smallest absolute Gasteiger partial charge is 0.307 e. The predicted molar refractivity (Wildman–Crippen MR) is 63.2 cm³/mol. The zero-order valence-electron chi connectivity index (χ0n) is 10.1. The van der Waals surface area contributed by atoms with Crippen molar-refractivity contribution in [1.29, 1.82) is 0 Å². The first-order chi connectivity index (χ1) is 7.95. The van der Waals surface area contributed by atoms with E-state index < -0.39 is 5.97 Å². The standard InChI is InChI=1S/C14H16O3/c1-13(2)8-14(7-10(14)12(15)16)9-5-3-4-6-11(9)17-13/h3-6,10H,7-8H2,1-2H3,(H,15,16)/t10-,14+/m0/s1. The minimum Gasteiger partial charge on any atom is -0.488 e. The molecule has 1 aliphatic carbocycles.